The number of anilines is 1. The minimum Gasteiger partial charge on any atom is -0.381 e. The van der Waals surface area contributed by atoms with E-state index in [1.807, 2.05) is 13.8 Å². The zero-order valence-electron chi connectivity index (χ0n) is 12.0. The monoisotopic (exact) mass is 307 g/mol. The van der Waals surface area contributed by atoms with Crippen molar-refractivity contribution in [3.05, 3.63) is 22.6 Å². The number of hydrogen-bond donors (Lipinski definition) is 1. The molecule has 21 heavy (non-hydrogen) atoms. The lowest BCUT2D eigenvalue weighted by molar-refractivity contribution is 0.0657. The summed E-state index contributed by atoms with van der Waals surface area (Å²) in [6, 6.07) is 0.264. The number of ether oxygens (including phenoxy) is 1. The van der Waals surface area contributed by atoms with E-state index in [1.165, 1.54) is 11.3 Å². The quantitative estimate of drug-likeness (QED) is 0.937. The van der Waals surface area contributed by atoms with E-state index in [4.69, 9.17) is 4.74 Å². The molecule has 2 aromatic heterocycles. The second-order valence-electron chi connectivity index (χ2n) is 5.03. The Bertz CT molecular complexity index is 645. The van der Waals surface area contributed by atoms with E-state index in [0.29, 0.717) is 5.69 Å². The lowest BCUT2D eigenvalue weighted by Gasteiger charge is -2.21. The van der Waals surface area contributed by atoms with Gasteiger partial charge in [-0.3, -0.25) is 4.79 Å². The van der Waals surface area contributed by atoms with Gasteiger partial charge in [0.25, 0.3) is 5.91 Å². The van der Waals surface area contributed by atoms with Crippen molar-refractivity contribution in [3.63, 3.8) is 0 Å². The molecule has 3 heterocycles. The van der Waals surface area contributed by atoms with Crippen LogP contribution in [0.25, 0.3) is 0 Å². The maximum Gasteiger partial charge on any atom is 0.278 e. The number of hydrogen-bond acceptors (Lipinski definition) is 6. The molecule has 0 spiro atoms. The van der Waals surface area contributed by atoms with Crippen LogP contribution in [0.4, 0.5) is 5.00 Å². The summed E-state index contributed by atoms with van der Waals surface area (Å²) in [5.74, 6) is -0.250. The van der Waals surface area contributed by atoms with Crippen molar-refractivity contribution in [2.24, 2.45) is 0 Å². The highest BCUT2D eigenvalue weighted by molar-refractivity contribution is 7.16. The number of carbonyl (C=O) groups is 1. The molecule has 1 aliphatic rings. The van der Waals surface area contributed by atoms with Gasteiger partial charge >= 0.3 is 0 Å². The van der Waals surface area contributed by atoms with Gasteiger partial charge in [0.1, 0.15) is 5.00 Å². The Morgan fingerprint density at radius 2 is 2.19 bits per heavy atom. The lowest BCUT2D eigenvalue weighted by Crippen LogP contribution is -2.20. The van der Waals surface area contributed by atoms with Crippen molar-refractivity contribution in [1.82, 2.24) is 20.0 Å². The van der Waals surface area contributed by atoms with Gasteiger partial charge in [0.2, 0.25) is 0 Å². The van der Waals surface area contributed by atoms with Crippen molar-refractivity contribution in [1.29, 1.82) is 0 Å². The van der Waals surface area contributed by atoms with Gasteiger partial charge in [-0.15, -0.1) is 16.4 Å². The van der Waals surface area contributed by atoms with Gasteiger partial charge in [-0.05, 0) is 26.7 Å². The third kappa shape index (κ3) is 3.11. The molecule has 1 amide bonds. The van der Waals surface area contributed by atoms with Crippen LogP contribution in [0.3, 0.4) is 0 Å². The molecule has 2 aromatic rings. The third-order valence-corrected chi connectivity index (χ3v) is 4.43. The second-order valence-corrected chi connectivity index (χ2v) is 6.23. The standard InChI is InChI=1S/C13H17N5O2S/c1-8-13(21-9(2)14-8)15-12(19)11-7-18(17-16-11)10-3-5-20-6-4-10/h7,10H,3-6H2,1-2H3,(H,15,19). The Balaban J connectivity index is 1.70. The Hall–Kier alpha value is -1.80. The van der Waals surface area contributed by atoms with Gasteiger partial charge in [0.15, 0.2) is 5.69 Å². The van der Waals surface area contributed by atoms with E-state index in [0.717, 1.165) is 41.8 Å². The second kappa shape index (κ2) is 5.90. The highest BCUT2D eigenvalue weighted by atomic mass is 32.1. The molecule has 8 heteroatoms. The largest absolute Gasteiger partial charge is 0.381 e. The summed E-state index contributed by atoms with van der Waals surface area (Å²) in [6.45, 7) is 5.24. The molecule has 3 rings (SSSR count). The molecule has 112 valence electrons. The van der Waals surface area contributed by atoms with Crippen molar-refractivity contribution in [3.8, 4) is 0 Å². The number of rotatable bonds is 3. The molecule has 0 saturated carbocycles. The minimum absolute atomic E-state index is 0.250. The van der Waals surface area contributed by atoms with Gasteiger partial charge in [0, 0.05) is 13.2 Å². The third-order valence-electron chi connectivity index (χ3n) is 3.44. The van der Waals surface area contributed by atoms with Crippen LogP contribution in [0.5, 0.6) is 0 Å². The van der Waals surface area contributed by atoms with E-state index in [2.05, 4.69) is 20.6 Å². The number of thiazole rings is 1. The van der Waals surface area contributed by atoms with Crippen molar-refractivity contribution in [2.75, 3.05) is 18.5 Å². The number of nitrogens with zero attached hydrogens (tertiary/aromatic N) is 4. The molecule has 0 aromatic carbocycles. The van der Waals surface area contributed by atoms with Crippen LogP contribution >= 0.6 is 11.3 Å². The van der Waals surface area contributed by atoms with Gasteiger partial charge in [-0.25, -0.2) is 9.67 Å². The number of aromatic nitrogens is 4. The first-order valence-electron chi connectivity index (χ1n) is 6.88. The van der Waals surface area contributed by atoms with Gasteiger partial charge in [-0.2, -0.15) is 0 Å². The fraction of sp³-hybridized carbons (Fsp3) is 0.538. The van der Waals surface area contributed by atoms with Crippen molar-refractivity contribution < 1.29 is 9.53 Å². The maximum atomic E-state index is 12.2. The number of nitrogens with one attached hydrogen (secondary N) is 1. The van der Waals surface area contributed by atoms with Crippen LogP contribution in [0.15, 0.2) is 6.20 Å². The fourth-order valence-corrected chi connectivity index (χ4v) is 3.14. The van der Waals surface area contributed by atoms with Crippen LogP contribution in [0.1, 0.15) is 40.1 Å². The predicted octanol–water partition coefficient (Wildman–Crippen LogP) is 1.96. The summed E-state index contributed by atoms with van der Waals surface area (Å²) in [4.78, 5) is 16.5. The Labute approximate surface area is 126 Å². The number of amides is 1. The van der Waals surface area contributed by atoms with Gasteiger partial charge in [0.05, 0.1) is 22.9 Å². The molecule has 0 bridgehead atoms. The fourth-order valence-electron chi connectivity index (χ4n) is 2.32. The summed E-state index contributed by atoms with van der Waals surface area (Å²) in [5, 5.41) is 12.6. The zero-order valence-corrected chi connectivity index (χ0v) is 12.8. The molecular formula is C13H17N5O2S. The number of aryl methyl sites for hydroxylation is 2. The normalized spacial score (nSPS) is 16.1. The first kappa shape index (κ1) is 14.2. The molecular weight excluding hydrogens is 290 g/mol. The van der Waals surface area contributed by atoms with E-state index in [-0.39, 0.29) is 11.9 Å². The summed E-state index contributed by atoms with van der Waals surface area (Å²) in [6.07, 6.45) is 3.50. The van der Waals surface area contributed by atoms with Crippen LogP contribution in [-0.4, -0.2) is 39.1 Å². The van der Waals surface area contributed by atoms with Gasteiger partial charge < -0.3 is 10.1 Å². The average molecular weight is 307 g/mol. The first-order chi connectivity index (χ1) is 10.1. The summed E-state index contributed by atoms with van der Waals surface area (Å²) < 4.78 is 7.09. The smallest absolute Gasteiger partial charge is 0.278 e. The van der Waals surface area contributed by atoms with Crippen molar-refractivity contribution in [2.45, 2.75) is 32.7 Å². The molecule has 0 atom stereocenters. The zero-order chi connectivity index (χ0) is 14.8. The SMILES string of the molecule is Cc1nc(C)c(NC(=O)c2cn(C3CCOCC3)nn2)s1. The predicted molar refractivity (Wildman–Crippen MR) is 78.7 cm³/mol. The van der Waals surface area contributed by atoms with Crippen LogP contribution < -0.4 is 5.32 Å². The Morgan fingerprint density at radius 1 is 1.43 bits per heavy atom. The molecule has 1 aliphatic heterocycles. The topological polar surface area (TPSA) is 81.9 Å². The molecule has 0 unspecified atom stereocenters. The highest BCUT2D eigenvalue weighted by Gasteiger charge is 2.20. The van der Waals surface area contributed by atoms with E-state index in [9.17, 15) is 4.79 Å². The Kier molecular flexibility index (Phi) is 3.98. The molecule has 0 radical (unpaired) electrons. The van der Waals surface area contributed by atoms with E-state index < -0.39 is 0 Å². The average Bonchev–Trinajstić information content (AvgIpc) is 3.07. The maximum absolute atomic E-state index is 12.2. The molecule has 7 nitrogen and oxygen atoms in total. The number of carbonyl (C=O) groups excluding carboxylic acids is 1. The first-order valence-corrected chi connectivity index (χ1v) is 7.70. The van der Waals surface area contributed by atoms with Crippen molar-refractivity contribution >= 4 is 22.2 Å². The summed E-state index contributed by atoms with van der Waals surface area (Å²) in [5.41, 5.74) is 1.15. The molecule has 1 N–H and O–H groups in total. The van der Waals surface area contributed by atoms with Crippen LogP contribution in [0, 0.1) is 13.8 Å². The lowest BCUT2D eigenvalue weighted by atomic mass is 10.1. The summed E-state index contributed by atoms with van der Waals surface area (Å²) in [7, 11) is 0. The van der Waals surface area contributed by atoms with E-state index >= 15 is 0 Å². The highest BCUT2D eigenvalue weighted by Crippen LogP contribution is 2.24. The summed E-state index contributed by atoms with van der Waals surface area (Å²) >= 11 is 1.46. The minimum atomic E-state index is -0.250. The molecule has 1 fully saturated rings. The van der Waals surface area contributed by atoms with Crippen LogP contribution in [-0.2, 0) is 4.74 Å². The van der Waals surface area contributed by atoms with E-state index in [1.54, 1.807) is 10.9 Å². The Morgan fingerprint density at radius 3 is 2.86 bits per heavy atom. The van der Waals surface area contributed by atoms with Gasteiger partial charge in [-0.1, -0.05) is 5.21 Å². The molecule has 1 saturated heterocycles. The molecule has 0 aliphatic carbocycles. The van der Waals surface area contributed by atoms with Crippen LogP contribution in [0.2, 0.25) is 0 Å².